The van der Waals surface area contributed by atoms with Crippen LogP contribution in [0.4, 0.5) is 0 Å². The van der Waals surface area contributed by atoms with Crippen molar-refractivity contribution in [1.29, 1.82) is 0 Å². The Balaban J connectivity index is 2.16. The van der Waals surface area contributed by atoms with Crippen molar-refractivity contribution in [2.75, 3.05) is 26.7 Å². The molecule has 4 nitrogen and oxygen atoms in total. The van der Waals surface area contributed by atoms with Crippen molar-refractivity contribution in [3.05, 3.63) is 0 Å². The van der Waals surface area contributed by atoms with Crippen LogP contribution in [0, 0.1) is 11.8 Å². The average molecular weight is 283 g/mol. The van der Waals surface area contributed by atoms with Crippen molar-refractivity contribution < 1.29 is 4.79 Å². The second kappa shape index (κ2) is 9.35. The van der Waals surface area contributed by atoms with E-state index in [0.717, 1.165) is 38.8 Å². The van der Waals surface area contributed by atoms with Gasteiger partial charge in [0, 0.05) is 18.5 Å². The summed E-state index contributed by atoms with van der Waals surface area (Å²) in [6, 6.07) is 0.595. The highest BCUT2D eigenvalue weighted by atomic mass is 16.1. The summed E-state index contributed by atoms with van der Waals surface area (Å²) < 4.78 is 0. The number of nitrogens with one attached hydrogen (secondary N) is 1. The van der Waals surface area contributed by atoms with Crippen LogP contribution in [0.25, 0.3) is 0 Å². The zero-order valence-electron chi connectivity index (χ0n) is 13.5. The van der Waals surface area contributed by atoms with E-state index in [-0.39, 0.29) is 11.8 Å². The summed E-state index contributed by atoms with van der Waals surface area (Å²) in [6.07, 6.45) is 6.74. The van der Waals surface area contributed by atoms with Gasteiger partial charge in [-0.15, -0.1) is 0 Å². The predicted octanol–water partition coefficient (Wildman–Crippen LogP) is 1.99. The average Bonchev–Trinajstić information content (AvgIpc) is 2.46. The van der Waals surface area contributed by atoms with E-state index in [1.807, 2.05) is 0 Å². The third-order valence-electron chi connectivity index (χ3n) is 4.67. The van der Waals surface area contributed by atoms with E-state index in [0.29, 0.717) is 18.5 Å². The molecule has 1 saturated carbocycles. The number of nitrogens with two attached hydrogens (primary N) is 1. The van der Waals surface area contributed by atoms with E-state index in [4.69, 9.17) is 5.73 Å². The topological polar surface area (TPSA) is 58.4 Å². The van der Waals surface area contributed by atoms with Gasteiger partial charge in [0.2, 0.25) is 5.91 Å². The first-order valence-electron chi connectivity index (χ1n) is 8.24. The van der Waals surface area contributed by atoms with Gasteiger partial charge in [-0.2, -0.15) is 0 Å². The molecule has 0 aromatic heterocycles. The smallest absolute Gasteiger partial charge is 0.223 e. The number of unbranched alkanes of at least 4 members (excludes halogenated alkanes) is 1. The maximum atomic E-state index is 12.2. The summed E-state index contributed by atoms with van der Waals surface area (Å²) in [5.74, 6) is 0.792. The van der Waals surface area contributed by atoms with E-state index in [9.17, 15) is 4.79 Å². The zero-order valence-corrected chi connectivity index (χ0v) is 13.5. The van der Waals surface area contributed by atoms with Gasteiger partial charge >= 0.3 is 0 Å². The Morgan fingerprint density at radius 1 is 1.30 bits per heavy atom. The molecule has 0 aliphatic heterocycles. The summed E-state index contributed by atoms with van der Waals surface area (Å²) in [6.45, 7) is 6.97. The molecule has 0 bridgehead atoms. The lowest BCUT2D eigenvalue weighted by Gasteiger charge is -2.29. The van der Waals surface area contributed by atoms with Gasteiger partial charge in [-0.05, 0) is 65.6 Å². The lowest BCUT2D eigenvalue weighted by Crippen LogP contribution is -2.39. The number of nitrogens with zero attached hydrogens (tertiary/aromatic N) is 1. The van der Waals surface area contributed by atoms with Gasteiger partial charge in [0.15, 0.2) is 0 Å². The minimum atomic E-state index is 0.159. The zero-order chi connectivity index (χ0) is 15.0. The van der Waals surface area contributed by atoms with Crippen LogP contribution in [0.5, 0.6) is 0 Å². The van der Waals surface area contributed by atoms with Crippen molar-refractivity contribution >= 4 is 5.91 Å². The molecule has 1 fully saturated rings. The lowest BCUT2D eigenvalue weighted by atomic mass is 9.79. The minimum absolute atomic E-state index is 0.159. The molecule has 20 heavy (non-hydrogen) atoms. The standard InChI is InChI=1S/C16H33N3O/c1-13(2)19(3)11-7-6-10-18-16(20)15-9-5-4-8-14(15)12-17/h13-15H,4-12,17H2,1-3H3,(H,18,20). The first-order valence-corrected chi connectivity index (χ1v) is 8.24. The van der Waals surface area contributed by atoms with Gasteiger partial charge in [-0.1, -0.05) is 12.8 Å². The SMILES string of the molecule is CC(C)N(C)CCCCNC(=O)C1CCCCC1CN. The van der Waals surface area contributed by atoms with Crippen molar-refractivity contribution in [1.82, 2.24) is 10.2 Å². The quantitative estimate of drug-likeness (QED) is 0.670. The summed E-state index contributed by atoms with van der Waals surface area (Å²) in [4.78, 5) is 14.5. The third-order valence-corrected chi connectivity index (χ3v) is 4.67. The Kier molecular flexibility index (Phi) is 8.15. The molecule has 0 saturated heterocycles. The first-order chi connectivity index (χ1) is 9.56. The van der Waals surface area contributed by atoms with Crippen LogP contribution in [0.3, 0.4) is 0 Å². The van der Waals surface area contributed by atoms with Crippen LogP contribution in [0.1, 0.15) is 52.4 Å². The maximum Gasteiger partial charge on any atom is 0.223 e. The van der Waals surface area contributed by atoms with E-state index < -0.39 is 0 Å². The molecule has 3 N–H and O–H groups in total. The van der Waals surface area contributed by atoms with Gasteiger partial charge in [-0.3, -0.25) is 4.79 Å². The first kappa shape index (κ1) is 17.4. The third kappa shape index (κ3) is 5.80. The molecular weight excluding hydrogens is 250 g/mol. The fourth-order valence-corrected chi connectivity index (χ4v) is 2.92. The van der Waals surface area contributed by atoms with Crippen molar-refractivity contribution in [2.24, 2.45) is 17.6 Å². The number of hydrogen-bond acceptors (Lipinski definition) is 3. The van der Waals surface area contributed by atoms with Crippen LogP contribution in [0.15, 0.2) is 0 Å². The Bertz CT molecular complexity index is 281. The fourth-order valence-electron chi connectivity index (χ4n) is 2.92. The van der Waals surface area contributed by atoms with E-state index in [1.165, 1.54) is 12.8 Å². The van der Waals surface area contributed by atoms with Crippen LogP contribution in [-0.2, 0) is 4.79 Å². The summed E-state index contributed by atoms with van der Waals surface area (Å²) >= 11 is 0. The van der Waals surface area contributed by atoms with Gasteiger partial charge < -0.3 is 16.0 Å². The van der Waals surface area contributed by atoms with E-state index in [1.54, 1.807) is 0 Å². The van der Waals surface area contributed by atoms with Crippen LogP contribution in [-0.4, -0.2) is 43.5 Å². The summed E-state index contributed by atoms with van der Waals surface area (Å²) in [5, 5.41) is 3.11. The second-order valence-corrected chi connectivity index (χ2v) is 6.46. The van der Waals surface area contributed by atoms with Gasteiger partial charge in [0.05, 0.1) is 0 Å². The number of amides is 1. The molecular formula is C16H33N3O. The van der Waals surface area contributed by atoms with Crippen LogP contribution >= 0.6 is 0 Å². The van der Waals surface area contributed by atoms with E-state index in [2.05, 4.69) is 31.1 Å². The normalized spacial score (nSPS) is 23.3. The molecule has 1 aliphatic carbocycles. The molecule has 0 aromatic carbocycles. The van der Waals surface area contributed by atoms with Crippen molar-refractivity contribution in [3.8, 4) is 0 Å². The molecule has 118 valence electrons. The van der Waals surface area contributed by atoms with Crippen LogP contribution in [0.2, 0.25) is 0 Å². The van der Waals surface area contributed by atoms with Gasteiger partial charge in [0.25, 0.3) is 0 Å². The molecule has 0 heterocycles. The number of carbonyl (C=O) groups is 1. The monoisotopic (exact) mass is 283 g/mol. The second-order valence-electron chi connectivity index (χ2n) is 6.46. The minimum Gasteiger partial charge on any atom is -0.356 e. The fraction of sp³-hybridized carbons (Fsp3) is 0.938. The molecule has 4 heteroatoms. The molecule has 2 atom stereocenters. The Hall–Kier alpha value is -0.610. The lowest BCUT2D eigenvalue weighted by molar-refractivity contribution is -0.127. The van der Waals surface area contributed by atoms with Gasteiger partial charge in [0.1, 0.15) is 0 Å². The van der Waals surface area contributed by atoms with Crippen molar-refractivity contribution in [3.63, 3.8) is 0 Å². The highest BCUT2D eigenvalue weighted by molar-refractivity contribution is 5.79. The molecule has 1 rings (SSSR count). The summed E-state index contributed by atoms with van der Waals surface area (Å²) in [7, 11) is 2.15. The molecule has 0 radical (unpaired) electrons. The highest BCUT2D eigenvalue weighted by Crippen LogP contribution is 2.29. The molecule has 1 aliphatic rings. The number of hydrogen-bond donors (Lipinski definition) is 2. The van der Waals surface area contributed by atoms with E-state index >= 15 is 0 Å². The molecule has 2 unspecified atom stereocenters. The maximum absolute atomic E-state index is 12.2. The molecule has 1 amide bonds. The number of carbonyl (C=O) groups excluding carboxylic acids is 1. The van der Waals surface area contributed by atoms with Gasteiger partial charge in [-0.25, -0.2) is 0 Å². The van der Waals surface area contributed by atoms with Crippen LogP contribution < -0.4 is 11.1 Å². The number of rotatable bonds is 8. The largest absolute Gasteiger partial charge is 0.356 e. The Morgan fingerprint density at radius 2 is 2.00 bits per heavy atom. The highest BCUT2D eigenvalue weighted by Gasteiger charge is 2.29. The molecule has 0 spiro atoms. The molecule has 0 aromatic rings. The Morgan fingerprint density at radius 3 is 2.65 bits per heavy atom. The van der Waals surface area contributed by atoms with Crippen molar-refractivity contribution in [2.45, 2.75) is 58.4 Å². The predicted molar refractivity (Wildman–Crippen MR) is 84.5 cm³/mol. The summed E-state index contributed by atoms with van der Waals surface area (Å²) in [5.41, 5.74) is 5.78. The Labute approximate surface area is 124 Å².